The number of ether oxygens (including phenoxy) is 2. The molecular weight excluding hydrogens is 714 g/mol. The van der Waals surface area contributed by atoms with Gasteiger partial charge >= 0.3 is 0 Å². The van der Waals surface area contributed by atoms with Gasteiger partial charge in [-0.25, -0.2) is 9.37 Å². The molecule has 1 aliphatic heterocycles. The molecule has 57 heavy (non-hydrogen) atoms. The van der Waals surface area contributed by atoms with Gasteiger partial charge in [0, 0.05) is 6.42 Å². The fraction of sp³-hybridized carbons (Fsp3) is 0.146. The summed E-state index contributed by atoms with van der Waals surface area (Å²) in [7, 11) is 0. The number of aromatic amines is 1. The van der Waals surface area contributed by atoms with E-state index in [1.54, 1.807) is 4.57 Å². The molecule has 1 aliphatic rings. The molecule has 1 fully saturated rings. The maximum atomic E-state index is 16.2. The van der Waals surface area contributed by atoms with Crippen LogP contribution < -0.4 is 10.9 Å². The molecule has 6 aromatic carbocycles. The Morgan fingerprint density at radius 3 is 1.53 bits per heavy atom. The molecule has 9 heteroatoms. The predicted molar refractivity (Wildman–Crippen MR) is 220 cm³/mol. The van der Waals surface area contributed by atoms with Crippen LogP contribution in [0.4, 0.5) is 10.3 Å². The molecule has 3 atom stereocenters. The summed E-state index contributed by atoms with van der Waals surface area (Å²) in [4.78, 5) is 26.0. The highest BCUT2D eigenvalue weighted by Gasteiger charge is 2.43. The molecule has 3 heterocycles. The lowest BCUT2D eigenvalue weighted by molar-refractivity contribution is -0.0853. The standard InChI is InChI=1S/C48H40FN5O3/c49-40-31-42(57-41(40)32-56-48(37-25-13-4-14-26-37,38-27-15-5-16-28-38)39-29-17-6-18-30-39)54-33-50-43-44(54)51-46(52-45(43)55)53-47(34-19-7-1-8-20-34,35-21-9-2-10-22-35)36-23-11-3-12-24-36/h1-30,33,40-42H,31-32H2,(H2,51,52,53,55)/t40-,41+,42+/m0/s1. The molecule has 0 spiro atoms. The molecule has 0 aliphatic carbocycles. The summed E-state index contributed by atoms with van der Waals surface area (Å²) in [5.74, 6) is 0.221. The molecule has 8 nitrogen and oxygen atoms in total. The van der Waals surface area contributed by atoms with Gasteiger partial charge in [-0.1, -0.05) is 182 Å². The molecule has 0 amide bonds. The van der Waals surface area contributed by atoms with Gasteiger partial charge in [-0.2, -0.15) is 4.98 Å². The van der Waals surface area contributed by atoms with Crippen molar-refractivity contribution >= 4 is 17.1 Å². The van der Waals surface area contributed by atoms with Gasteiger partial charge in [-0.05, 0) is 33.4 Å². The number of benzene rings is 6. The number of hydrogen-bond acceptors (Lipinski definition) is 6. The van der Waals surface area contributed by atoms with Gasteiger partial charge in [-0.15, -0.1) is 0 Å². The number of hydrogen-bond donors (Lipinski definition) is 2. The third kappa shape index (κ3) is 6.60. The Balaban J connectivity index is 1.06. The Morgan fingerprint density at radius 1 is 0.667 bits per heavy atom. The second kappa shape index (κ2) is 15.5. The molecule has 2 aromatic heterocycles. The highest BCUT2D eigenvalue weighted by molar-refractivity contribution is 5.71. The van der Waals surface area contributed by atoms with Crippen molar-refractivity contribution in [3.8, 4) is 0 Å². The average Bonchev–Trinajstić information content (AvgIpc) is 3.88. The number of anilines is 1. The van der Waals surface area contributed by atoms with Crippen LogP contribution in [0.15, 0.2) is 193 Å². The number of H-pyrrole nitrogens is 1. The number of rotatable bonds is 12. The first-order chi connectivity index (χ1) is 28.1. The number of nitrogens with one attached hydrogen (secondary N) is 2. The molecular formula is C48H40FN5O3. The van der Waals surface area contributed by atoms with E-state index in [-0.39, 0.29) is 30.1 Å². The van der Waals surface area contributed by atoms with E-state index in [2.05, 4.69) is 15.3 Å². The van der Waals surface area contributed by atoms with Gasteiger partial charge in [0.15, 0.2) is 11.2 Å². The summed E-state index contributed by atoms with van der Waals surface area (Å²) in [5, 5.41) is 3.64. The first kappa shape index (κ1) is 36.0. The normalized spacial score (nSPS) is 17.1. The van der Waals surface area contributed by atoms with Gasteiger partial charge in [0.25, 0.3) is 5.56 Å². The van der Waals surface area contributed by atoms with E-state index < -0.39 is 35.2 Å². The van der Waals surface area contributed by atoms with Crippen molar-refractivity contribution in [3.05, 3.63) is 232 Å². The Kier molecular flexibility index (Phi) is 9.76. The fourth-order valence-electron chi connectivity index (χ4n) is 8.14. The van der Waals surface area contributed by atoms with E-state index in [9.17, 15) is 4.79 Å². The zero-order valence-electron chi connectivity index (χ0n) is 31.0. The van der Waals surface area contributed by atoms with Gasteiger partial charge in [0.2, 0.25) is 5.95 Å². The second-order valence-corrected chi connectivity index (χ2v) is 14.2. The predicted octanol–water partition coefficient (Wildman–Crippen LogP) is 9.16. The fourth-order valence-corrected chi connectivity index (χ4v) is 8.14. The number of nitrogens with zero attached hydrogens (tertiary/aromatic N) is 3. The number of fused-ring (bicyclic) bond motifs is 1. The van der Waals surface area contributed by atoms with E-state index in [0.29, 0.717) is 0 Å². The molecule has 0 unspecified atom stereocenters. The van der Waals surface area contributed by atoms with E-state index in [4.69, 9.17) is 14.5 Å². The summed E-state index contributed by atoms with van der Waals surface area (Å²) in [6.07, 6.45) is -1.55. The summed E-state index contributed by atoms with van der Waals surface area (Å²) >= 11 is 0. The largest absolute Gasteiger partial charge is 0.358 e. The van der Waals surface area contributed by atoms with Crippen molar-refractivity contribution in [2.45, 2.75) is 36.1 Å². The van der Waals surface area contributed by atoms with E-state index in [1.165, 1.54) is 6.33 Å². The third-order valence-corrected chi connectivity index (χ3v) is 10.8. The van der Waals surface area contributed by atoms with Crippen LogP contribution >= 0.6 is 0 Å². The zero-order chi connectivity index (χ0) is 38.7. The lowest BCUT2D eigenvalue weighted by Gasteiger charge is -2.37. The molecule has 0 bridgehead atoms. The van der Waals surface area contributed by atoms with Crippen molar-refractivity contribution < 1.29 is 13.9 Å². The zero-order valence-corrected chi connectivity index (χ0v) is 31.0. The highest BCUT2D eigenvalue weighted by Crippen LogP contribution is 2.43. The Labute approximate surface area is 329 Å². The number of aromatic nitrogens is 4. The smallest absolute Gasteiger partial charge is 0.280 e. The van der Waals surface area contributed by atoms with Crippen LogP contribution in [0.5, 0.6) is 0 Å². The Bertz CT molecular complexity index is 2410. The average molecular weight is 754 g/mol. The molecule has 2 N–H and O–H groups in total. The van der Waals surface area contributed by atoms with Crippen LogP contribution in [-0.2, 0) is 20.6 Å². The monoisotopic (exact) mass is 753 g/mol. The minimum absolute atomic E-state index is 0.0215. The lowest BCUT2D eigenvalue weighted by atomic mass is 9.77. The van der Waals surface area contributed by atoms with Crippen LogP contribution in [0.2, 0.25) is 0 Å². The van der Waals surface area contributed by atoms with Crippen LogP contribution in [0.3, 0.4) is 0 Å². The minimum atomic E-state index is -1.37. The highest BCUT2D eigenvalue weighted by atomic mass is 19.1. The van der Waals surface area contributed by atoms with Gasteiger partial charge < -0.3 is 14.8 Å². The lowest BCUT2D eigenvalue weighted by Crippen LogP contribution is -2.39. The minimum Gasteiger partial charge on any atom is -0.358 e. The summed E-state index contributed by atoms with van der Waals surface area (Å²) in [6, 6.07) is 60.0. The van der Waals surface area contributed by atoms with Crippen molar-refractivity contribution in [1.82, 2.24) is 19.5 Å². The third-order valence-electron chi connectivity index (χ3n) is 10.8. The van der Waals surface area contributed by atoms with Crippen LogP contribution in [0.1, 0.15) is 46.0 Å². The molecule has 8 aromatic rings. The molecule has 0 radical (unpaired) electrons. The van der Waals surface area contributed by atoms with Crippen LogP contribution in [0.25, 0.3) is 11.2 Å². The van der Waals surface area contributed by atoms with E-state index in [0.717, 1.165) is 33.4 Å². The number of alkyl halides is 1. The van der Waals surface area contributed by atoms with Crippen molar-refractivity contribution in [2.24, 2.45) is 0 Å². The van der Waals surface area contributed by atoms with Gasteiger partial charge in [-0.3, -0.25) is 14.3 Å². The summed E-state index contributed by atoms with van der Waals surface area (Å²) < 4.78 is 31.3. The van der Waals surface area contributed by atoms with E-state index in [1.807, 2.05) is 182 Å². The first-order valence-electron chi connectivity index (χ1n) is 19.1. The number of halogens is 1. The quantitative estimate of drug-likeness (QED) is 0.121. The maximum absolute atomic E-state index is 16.2. The van der Waals surface area contributed by atoms with Crippen LogP contribution in [0, 0.1) is 0 Å². The van der Waals surface area contributed by atoms with Crippen molar-refractivity contribution in [1.29, 1.82) is 0 Å². The molecule has 282 valence electrons. The Morgan fingerprint density at radius 2 is 1.09 bits per heavy atom. The summed E-state index contributed by atoms with van der Waals surface area (Å²) in [6.45, 7) is -0.0441. The van der Waals surface area contributed by atoms with Crippen molar-refractivity contribution in [2.75, 3.05) is 11.9 Å². The van der Waals surface area contributed by atoms with Crippen molar-refractivity contribution in [3.63, 3.8) is 0 Å². The van der Waals surface area contributed by atoms with Gasteiger partial charge in [0.05, 0.1) is 12.9 Å². The maximum Gasteiger partial charge on any atom is 0.280 e. The topological polar surface area (TPSA) is 94.1 Å². The SMILES string of the molecule is O=c1[nH]c(NC(c2ccccc2)(c2ccccc2)c2ccccc2)nc2c1ncn2[C@H]1C[C@H](F)[C@@H](COC(c2ccccc2)(c2ccccc2)c2ccccc2)O1. The van der Waals surface area contributed by atoms with Crippen LogP contribution in [-0.4, -0.2) is 38.4 Å². The van der Waals surface area contributed by atoms with E-state index >= 15 is 4.39 Å². The Hall–Kier alpha value is -6.68. The summed E-state index contributed by atoms with van der Waals surface area (Å²) in [5.41, 5.74) is 3.54. The second-order valence-electron chi connectivity index (χ2n) is 14.2. The molecule has 0 saturated carbocycles. The molecule has 1 saturated heterocycles. The molecule has 9 rings (SSSR count). The number of imidazole rings is 1. The van der Waals surface area contributed by atoms with Gasteiger partial charge in [0.1, 0.15) is 29.6 Å². The first-order valence-corrected chi connectivity index (χ1v) is 19.1.